The van der Waals surface area contributed by atoms with E-state index < -0.39 is 0 Å². The smallest absolute Gasteiger partial charge is 0.127 e. The molecule has 2 N–H and O–H groups in total. The van der Waals surface area contributed by atoms with E-state index in [0.717, 1.165) is 32.3 Å². The monoisotopic (exact) mass is 556 g/mol. The first kappa shape index (κ1) is 26.4. The molecule has 0 bridgehead atoms. The maximum absolute atomic E-state index is 9.38. The number of nitrogens with one attached hydrogen (secondary N) is 1. The van der Waals surface area contributed by atoms with Crippen molar-refractivity contribution in [2.24, 2.45) is 0 Å². The average molecular weight is 557 g/mol. The van der Waals surface area contributed by atoms with Gasteiger partial charge in [0.1, 0.15) is 24.7 Å². The van der Waals surface area contributed by atoms with E-state index in [9.17, 15) is 10.4 Å². The molecule has 0 aliphatic rings. The van der Waals surface area contributed by atoms with Crippen molar-refractivity contribution in [2.45, 2.75) is 32.7 Å². The van der Waals surface area contributed by atoms with Crippen molar-refractivity contribution in [3.05, 3.63) is 118 Å². The van der Waals surface area contributed by atoms with Crippen molar-refractivity contribution >= 4 is 15.9 Å². The lowest BCUT2D eigenvalue weighted by Crippen LogP contribution is -2.28. The molecule has 0 aromatic heterocycles. The molecule has 0 aliphatic carbocycles. The number of rotatable bonds is 11. The first-order chi connectivity index (χ1) is 18.1. The number of aliphatic hydroxyl groups excluding tert-OH is 1. The van der Waals surface area contributed by atoms with Gasteiger partial charge in [-0.05, 0) is 57.7 Å². The van der Waals surface area contributed by atoms with Crippen LogP contribution in [0.15, 0.2) is 95.5 Å². The third-order valence-corrected chi connectivity index (χ3v) is 6.90. The highest BCUT2D eigenvalue weighted by atomic mass is 79.9. The number of benzene rings is 4. The number of ether oxygens (including phenoxy) is 2. The van der Waals surface area contributed by atoms with Gasteiger partial charge in [-0.1, -0.05) is 66.7 Å². The van der Waals surface area contributed by atoms with Crippen LogP contribution in [-0.4, -0.2) is 17.8 Å². The Morgan fingerprint density at radius 1 is 0.892 bits per heavy atom. The SMILES string of the molecule is CC(CO)NCc1ccc(OCc2cccc(-c3ccccc3)c2Br)cc1OCc1cccc(C#N)c1. The van der Waals surface area contributed by atoms with Crippen LogP contribution in [0.1, 0.15) is 29.2 Å². The Hall–Kier alpha value is -3.63. The van der Waals surface area contributed by atoms with Crippen LogP contribution in [0.2, 0.25) is 0 Å². The minimum absolute atomic E-state index is 0.0367. The molecule has 0 saturated carbocycles. The van der Waals surface area contributed by atoms with Crippen molar-refractivity contribution in [3.63, 3.8) is 0 Å². The largest absolute Gasteiger partial charge is 0.489 e. The topological polar surface area (TPSA) is 74.5 Å². The highest BCUT2D eigenvalue weighted by Gasteiger charge is 2.11. The summed E-state index contributed by atoms with van der Waals surface area (Å²) in [6, 6.07) is 31.7. The zero-order chi connectivity index (χ0) is 26.0. The Morgan fingerprint density at radius 2 is 1.70 bits per heavy atom. The molecule has 4 rings (SSSR count). The standard InChI is InChI=1S/C31H29BrN2O3/c1-22(19-35)34-18-26-13-14-28(16-30(26)37-20-24-8-5-7-23(15-24)17-33)36-21-27-11-6-12-29(31(27)32)25-9-3-2-4-10-25/h2-16,22,34-35H,18-21H2,1H3. The zero-order valence-electron chi connectivity index (χ0n) is 20.7. The second kappa shape index (κ2) is 13.1. The quantitative estimate of drug-likeness (QED) is 0.217. The van der Waals surface area contributed by atoms with Gasteiger partial charge in [0.15, 0.2) is 0 Å². The van der Waals surface area contributed by atoms with Crippen LogP contribution < -0.4 is 14.8 Å². The van der Waals surface area contributed by atoms with Crippen LogP contribution in [0.25, 0.3) is 11.1 Å². The van der Waals surface area contributed by atoms with Crippen molar-refractivity contribution in [3.8, 4) is 28.7 Å². The summed E-state index contributed by atoms with van der Waals surface area (Å²) < 4.78 is 13.4. The number of aliphatic hydroxyl groups is 1. The first-order valence-electron chi connectivity index (χ1n) is 12.1. The molecule has 37 heavy (non-hydrogen) atoms. The fraction of sp³-hybridized carbons (Fsp3) is 0.194. The number of nitriles is 1. The normalized spacial score (nSPS) is 11.5. The van der Waals surface area contributed by atoms with E-state index in [0.29, 0.717) is 36.8 Å². The lowest BCUT2D eigenvalue weighted by atomic mass is 10.0. The van der Waals surface area contributed by atoms with E-state index in [-0.39, 0.29) is 12.6 Å². The lowest BCUT2D eigenvalue weighted by Gasteiger charge is -2.17. The molecule has 1 atom stereocenters. The summed E-state index contributed by atoms with van der Waals surface area (Å²) in [5.41, 5.74) is 5.76. The molecule has 0 fully saturated rings. The first-order valence-corrected chi connectivity index (χ1v) is 12.9. The average Bonchev–Trinajstić information content (AvgIpc) is 2.95. The van der Waals surface area contributed by atoms with Gasteiger partial charge >= 0.3 is 0 Å². The molecule has 188 valence electrons. The summed E-state index contributed by atoms with van der Waals surface area (Å²) in [6.07, 6.45) is 0. The number of hydrogen-bond acceptors (Lipinski definition) is 5. The molecule has 6 heteroatoms. The van der Waals surface area contributed by atoms with Gasteiger partial charge in [0, 0.05) is 34.3 Å². The molecule has 0 radical (unpaired) electrons. The molecular weight excluding hydrogens is 528 g/mol. The molecule has 1 unspecified atom stereocenters. The summed E-state index contributed by atoms with van der Waals surface area (Å²) in [4.78, 5) is 0. The molecule has 0 saturated heterocycles. The van der Waals surface area contributed by atoms with Gasteiger partial charge in [0.2, 0.25) is 0 Å². The third-order valence-electron chi connectivity index (χ3n) is 5.96. The van der Waals surface area contributed by atoms with E-state index in [1.807, 2.05) is 73.7 Å². The van der Waals surface area contributed by atoms with Crippen molar-refractivity contribution in [1.82, 2.24) is 5.32 Å². The van der Waals surface area contributed by atoms with Crippen LogP contribution in [0.4, 0.5) is 0 Å². The van der Waals surface area contributed by atoms with Crippen molar-refractivity contribution < 1.29 is 14.6 Å². The molecule has 0 heterocycles. The van der Waals surface area contributed by atoms with E-state index in [1.54, 1.807) is 6.07 Å². The molecule has 4 aromatic rings. The van der Waals surface area contributed by atoms with Crippen LogP contribution in [0, 0.1) is 11.3 Å². The van der Waals surface area contributed by atoms with E-state index in [4.69, 9.17) is 9.47 Å². The van der Waals surface area contributed by atoms with Gasteiger partial charge in [-0.25, -0.2) is 0 Å². The summed E-state index contributed by atoms with van der Waals surface area (Å²) in [5, 5.41) is 21.9. The van der Waals surface area contributed by atoms with Gasteiger partial charge in [-0.2, -0.15) is 5.26 Å². The summed E-state index contributed by atoms with van der Waals surface area (Å²) in [5.74, 6) is 1.38. The predicted octanol–water partition coefficient (Wildman–Crippen LogP) is 6.62. The Kier molecular flexibility index (Phi) is 9.34. The van der Waals surface area contributed by atoms with E-state index in [1.165, 1.54) is 0 Å². The maximum Gasteiger partial charge on any atom is 0.127 e. The lowest BCUT2D eigenvalue weighted by molar-refractivity contribution is 0.249. The van der Waals surface area contributed by atoms with E-state index in [2.05, 4.69) is 45.5 Å². The van der Waals surface area contributed by atoms with Gasteiger partial charge in [0.25, 0.3) is 0 Å². The molecular formula is C31H29BrN2O3. The van der Waals surface area contributed by atoms with Crippen molar-refractivity contribution in [1.29, 1.82) is 5.26 Å². The fourth-order valence-electron chi connectivity index (χ4n) is 3.84. The zero-order valence-corrected chi connectivity index (χ0v) is 22.2. The fourth-order valence-corrected chi connectivity index (χ4v) is 4.45. The molecule has 4 aromatic carbocycles. The molecule has 0 spiro atoms. The number of nitrogens with zero attached hydrogens (tertiary/aromatic N) is 1. The van der Waals surface area contributed by atoms with Crippen LogP contribution in [0.5, 0.6) is 11.5 Å². The van der Waals surface area contributed by atoms with Crippen LogP contribution in [0.3, 0.4) is 0 Å². The summed E-state index contributed by atoms with van der Waals surface area (Å²) >= 11 is 3.76. The third kappa shape index (κ3) is 7.21. The minimum Gasteiger partial charge on any atom is -0.489 e. The van der Waals surface area contributed by atoms with Crippen LogP contribution in [-0.2, 0) is 19.8 Å². The second-order valence-corrected chi connectivity index (χ2v) is 9.56. The Balaban J connectivity index is 1.52. The Morgan fingerprint density at radius 3 is 2.49 bits per heavy atom. The number of hydrogen-bond donors (Lipinski definition) is 2. The highest BCUT2D eigenvalue weighted by molar-refractivity contribution is 9.10. The summed E-state index contributed by atoms with van der Waals surface area (Å²) in [6.45, 7) is 3.23. The van der Waals surface area contributed by atoms with Gasteiger partial charge in [-0.3, -0.25) is 0 Å². The number of halogens is 1. The maximum atomic E-state index is 9.38. The van der Waals surface area contributed by atoms with Gasteiger partial charge in [0.05, 0.1) is 18.2 Å². The summed E-state index contributed by atoms with van der Waals surface area (Å²) in [7, 11) is 0. The molecule has 5 nitrogen and oxygen atoms in total. The van der Waals surface area contributed by atoms with Gasteiger partial charge in [-0.15, -0.1) is 0 Å². The second-order valence-electron chi connectivity index (χ2n) is 8.77. The Labute approximate surface area is 226 Å². The minimum atomic E-state index is -0.0367. The van der Waals surface area contributed by atoms with E-state index >= 15 is 0 Å². The predicted molar refractivity (Wildman–Crippen MR) is 149 cm³/mol. The molecule has 0 aliphatic heterocycles. The van der Waals surface area contributed by atoms with Crippen molar-refractivity contribution in [2.75, 3.05) is 6.61 Å². The van der Waals surface area contributed by atoms with Gasteiger partial charge < -0.3 is 19.9 Å². The van der Waals surface area contributed by atoms with Crippen LogP contribution >= 0.6 is 15.9 Å². The molecule has 0 amide bonds. The highest BCUT2D eigenvalue weighted by Crippen LogP contribution is 2.32. The Bertz CT molecular complexity index is 1370.